The molecule has 5 amide bonds. The molecule has 9 rings (SSSR count). The van der Waals surface area contributed by atoms with Crippen LogP contribution in [0.5, 0.6) is 0 Å². The van der Waals surface area contributed by atoms with Gasteiger partial charge in [0.15, 0.2) is 56.6 Å². The van der Waals surface area contributed by atoms with E-state index < -0.39 is 378 Å². The molecular formula is C66H111N5O48. The molecule has 9 heterocycles. The van der Waals surface area contributed by atoms with E-state index in [2.05, 4.69) is 26.6 Å². The second-order valence-corrected chi connectivity index (χ2v) is 29.6. The average Bonchev–Trinajstić information content (AvgIpc) is 0.764. The van der Waals surface area contributed by atoms with Gasteiger partial charge in [-0.2, -0.15) is 0 Å². The Kier molecular flexibility index (Phi) is 36.5. The minimum atomic E-state index is -2.62. The molecule has 0 aliphatic carbocycles. The van der Waals surface area contributed by atoms with Crippen molar-refractivity contribution in [1.29, 1.82) is 0 Å². The SMILES string of the molecule is CC(=O)N[C@H]1[C@@H](O[C@H]2[C@@H](O)[C@@H](CO)O[C@@H](O[C@H]3[C@H](O)[C@@H](CO)O[C@@H](O[C@H]4[C@@H](O)[C@@H](CO[C@@H]5O[C@H](CO)[C@@H](O)[C@H](O[C@@H]6O[C@H](CO)[C@H](O)[C@H](O)[C@H]6O)[C@H]5NC(C)=O)O[C@@H](O[C@H]5[C@H](O)[C@@H](CO)O[C@@H](O[C@H]6[C@@H](O)[C@@H](CO)O[C@@H](O[C@H]7[C@H](O)[C@@H](O)[C@H](OC[C@@H](CO)NC=O)O[C@@H]7CO)[C@@H]6O)[C@@H]5NC(C)=O)[C@@H]4O)[C@@H]3NC(C)=O)[C@@H]2O)O[C@H](CO)[C@H](O)[C@@H]1O. The van der Waals surface area contributed by atoms with Gasteiger partial charge in [0, 0.05) is 27.7 Å². The van der Waals surface area contributed by atoms with Crippen molar-refractivity contribution in [2.75, 3.05) is 72.7 Å². The minimum absolute atomic E-state index is 0.237. The number of aliphatic hydroxyl groups excluding tert-OH is 25. The molecule has 0 aromatic heterocycles. The third-order valence-corrected chi connectivity index (χ3v) is 21.3. The van der Waals surface area contributed by atoms with E-state index in [1.165, 1.54) is 0 Å². The smallest absolute Gasteiger partial charge is 0.217 e. The summed E-state index contributed by atoms with van der Waals surface area (Å²) in [7, 11) is 0. The van der Waals surface area contributed by atoms with Gasteiger partial charge in [-0.25, -0.2) is 0 Å². The number of nitrogens with one attached hydrogen (secondary N) is 5. The van der Waals surface area contributed by atoms with E-state index in [0.717, 1.165) is 27.7 Å². The number of hydrogen-bond donors (Lipinski definition) is 30. The predicted octanol–water partition coefficient (Wildman–Crippen LogP) is -20.9. The van der Waals surface area contributed by atoms with Crippen LogP contribution in [0.15, 0.2) is 0 Å². The summed E-state index contributed by atoms with van der Waals surface area (Å²) in [5, 5.41) is 291. The summed E-state index contributed by atoms with van der Waals surface area (Å²) >= 11 is 0. The zero-order chi connectivity index (χ0) is 87.6. The first kappa shape index (κ1) is 98.4. The number of amides is 5. The van der Waals surface area contributed by atoms with Gasteiger partial charge in [0.2, 0.25) is 30.0 Å². The standard InChI is InChI=1S/C66H111N5O48/c1-17(82)68-31-43(94)35(86)22(6-73)105-59(31)117-55-40(91)28(12-79)110-65(49(55)100)115-53-33(70-19(3)84)61(107-25(9-76)38(53)89)119-57-42(93)30(15-103-58-32(69-18(2)83)52(37(88)24(8-75)104-58)114-63-46(97)44(95)36(87)23(7-74)108-63)112-66(50(57)101)116-54-34(71-20(4)85)60(106-26(10-77)39(54)90)118-56-41(92)27(11-78)109-64(48(56)99)113-51-29(13-80)111-62(47(98)45(51)96)102-14-21(5-72)67-16-81/h16,21-66,72-80,86-101H,5-15H2,1-4H3,(H,67,81)(H,68,82)(H,69,83)(H,70,84)(H,71,85)/t21-,22-,23-,24-,25-,26-,27-,28-,29-,30-,31-,32-,33-,34-,35+,36+,37-,38-,39-,40+,41+,42+,43-,44+,45-,46-,47-,48-,49-,50-,51-,52-,53-,54-,55+,56+,57+,58-,59-,60+,61+,62-,63+,64+,65+,66+/m1/s1. The summed E-state index contributed by atoms with van der Waals surface area (Å²) in [6.07, 6.45) is -85.7. The van der Waals surface area contributed by atoms with Crippen molar-refractivity contribution in [3.8, 4) is 0 Å². The number of aliphatic hydroxyl groups is 25. The Labute approximate surface area is 674 Å². The van der Waals surface area contributed by atoms with Crippen LogP contribution in [0.3, 0.4) is 0 Å². The molecule has 119 heavy (non-hydrogen) atoms. The normalized spacial score (nSPS) is 46.9. The molecule has 9 aliphatic rings. The fraction of sp³-hybridized carbons (Fsp3) is 0.924. The molecule has 53 nitrogen and oxygen atoms in total. The summed E-state index contributed by atoms with van der Waals surface area (Å²) in [5.74, 6) is -3.85. The van der Waals surface area contributed by atoms with Crippen molar-refractivity contribution in [2.24, 2.45) is 0 Å². The Hall–Kier alpha value is -4.37. The summed E-state index contributed by atoms with van der Waals surface area (Å²) in [5.41, 5.74) is 0. The summed E-state index contributed by atoms with van der Waals surface area (Å²) in [6.45, 7) is -7.41. The Balaban J connectivity index is 1.06. The molecule has 0 unspecified atom stereocenters. The third kappa shape index (κ3) is 22.5. The molecule has 0 aromatic rings. The fourth-order valence-electron chi connectivity index (χ4n) is 15.1. The van der Waals surface area contributed by atoms with Gasteiger partial charge in [-0.15, -0.1) is 0 Å². The van der Waals surface area contributed by atoms with Crippen LogP contribution in [-0.2, 0) is 109 Å². The van der Waals surface area contributed by atoms with E-state index in [1.54, 1.807) is 0 Å². The topological polar surface area (TPSA) is 817 Å². The molecule has 9 saturated heterocycles. The van der Waals surface area contributed by atoms with Crippen LogP contribution in [0.25, 0.3) is 0 Å². The first-order chi connectivity index (χ1) is 56.5. The van der Waals surface area contributed by atoms with Gasteiger partial charge in [-0.3, -0.25) is 24.0 Å². The van der Waals surface area contributed by atoms with Crippen LogP contribution in [0.2, 0.25) is 0 Å². The molecule has 53 heteroatoms. The first-order valence-electron chi connectivity index (χ1n) is 37.8. The zero-order valence-electron chi connectivity index (χ0n) is 64.0. The molecule has 0 spiro atoms. The lowest BCUT2D eigenvalue weighted by molar-refractivity contribution is -0.389. The lowest BCUT2D eigenvalue weighted by Gasteiger charge is -2.51. The maximum atomic E-state index is 13.5. The molecule has 0 radical (unpaired) electrons. The van der Waals surface area contributed by atoms with Crippen LogP contribution in [0.4, 0.5) is 0 Å². The van der Waals surface area contributed by atoms with Gasteiger partial charge in [-0.1, -0.05) is 0 Å². The quantitative estimate of drug-likeness (QED) is 0.0262. The highest BCUT2D eigenvalue weighted by Crippen LogP contribution is 2.40. The van der Waals surface area contributed by atoms with E-state index in [0.29, 0.717) is 0 Å². The molecule has 30 N–H and O–H groups in total. The summed E-state index contributed by atoms with van der Waals surface area (Å²) in [6, 6.07) is -8.79. The molecule has 0 bridgehead atoms. The number of rotatable bonds is 35. The van der Waals surface area contributed by atoms with Gasteiger partial charge in [-0.05, 0) is 0 Å². The maximum absolute atomic E-state index is 13.5. The number of ether oxygens (including phenoxy) is 18. The molecule has 9 fully saturated rings. The predicted molar refractivity (Wildman–Crippen MR) is 367 cm³/mol. The molecule has 0 aromatic carbocycles. The van der Waals surface area contributed by atoms with Crippen LogP contribution in [-0.4, -0.2) is 513 Å². The highest BCUT2D eigenvalue weighted by molar-refractivity contribution is 5.74. The van der Waals surface area contributed by atoms with Crippen molar-refractivity contribution in [3.63, 3.8) is 0 Å². The Morgan fingerprint density at radius 2 is 0.546 bits per heavy atom. The van der Waals surface area contributed by atoms with Crippen molar-refractivity contribution in [1.82, 2.24) is 26.6 Å². The van der Waals surface area contributed by atoms with E-state index in [1.807, 2.05) is 0 Å². The van der Waals surface area contributed by atoms with Crippen LogP contribution in [0, 0.1) is 0 Å². The monoisotopic (exact) mass is 1740 g/mol. The van der Waals surface area contributed by atoms with E-state index in [9.17, 15) is 152 Å². The van der Waals surface area contributed by atoms with Gasteiger partial charge >= 0.3 is 0 Å². The molecule has 688 valence electrons. The second-order valence-electron chi connectivity index (χ2n) is 29.6. The van der Waals surface area contributed by atoms with Gasteiger partial charge < -0.3 is 240 Å². The molecule has 46 atom stereocenters. The number of carbonyl (C=O) groups excluding carboxylic acids is 5. The highest BCUT2D eigenvalue weighted by atomic mass is 16.8. The number of hydrogen-bond acceptors (Lipinski definition) is 48. The summed E-state index contributed by atoms with van der Waals surface area (Å²) < 4.78 is 107. The zero-order valence-corrected chi connectivity index (χ0v) is 64.0. The van der Waals surface area contributed by atoms with Crippen LogP contribution < -0.4 is 26.6 Å². The maximum Gasteiger partial charge on any atom is 0.217 e. The Morgan fingerprint density at radius 1 is 0.277 bits per heavy atom. The van der Waals surface area contributed by atoms with Gasteiger partial charge in [0.1, 0.15) is 219 Å². The average molecular weight is 1740 g/mol. The van der Waals surface area contributed by atoms with Crippen LogP contribution in [0.1, 0.15) is 27.7 Å². The molecule has 9 aliphatic heterocycles. The lowest BCUT2D eigenvalue weighted by atomic mass is 9.93. The Bertz CT molecular complexity index is 3160. The Morgan fingerprint density at radius 3 is 0.908 bits per heavy atom. The van der Waals surface area contributed by atoms with Crippen LogP contribution >= 0.6 is 0 Å². The third-order valence-electron chi connectivity index (χ3n) is 21.3. The highest BCUT2D eigenvalue weighted by Gasteiger charge is 2.61. The van der Waals surface area contributed by atoms with Crippen molar-refractivity contribution >= 4 is 30.0 Å². The van der Waals surface area contributed by atoms with Crippen molar-refractivity contribution in [3.05, 3.63) is 0 Å². The first-order valence-corrected chi connectivity index (χ1v) is 37.8. The van der Waals surface area contributed by atoms with Crippen molar-refractivity contribution < 1.29 is 237 Å². The fourth-order valence-corrected chi connectivity index (χ4v) is 15.1. The van der Waals surface area contributed by atoms with E-state index in [-0.39, 0.29) is 6.41 Å². The van der Waals surface area contributed by atoms with Gasteiger partial charge in [0.05, 0.1) is 78.7 Å². The second kappa shape index (κ2) is 44.2. The van der Waals surface area contributed by atoms with E-state index in [4.69, 9.17) is 85.3 Å². The largest absolute Gasteiger partial charge is 0.394 e. The van der Waals surface area contributed by atoms with E-state index >= 15 is 0 Å². The number of carbonyl (C=O) groups is 5. The summed E-state index contributed by atoms with van der Waals surface area (Å²) in [4.78, 5) is 63.4. The lowest BCUT2D eigenvalue weighted by Crippen LogP contribution is -2.71. The minimum Gasteiger partial charge on any atom is -0.394 e. The van der Waals surface area contributed by atoms with Crippen molar-refractivity contribution in [2.45, 2.75) is 310 Å². The molecule has 0 saturated carbocycles. The molecular weight excluding hydrogens is 1630 g/mol. The van der Waals surface area contributed by atoms with Gasteiger partial charge in [0.25, 0.3) is 0 Å².